The number of hydrogen-bond acceptors (Lipinski definition) is 5. The summed E-state index contributed by atoms with van der Waals surface area (Å²) in [5.41, 5.74) is 0.977. The van der Waals surface area contributed by atoms with Gasteiger partial charge in [0.2, 0.25) is 5.91 Å². The number of halogens is 1. The molecule has 4 rings (SSSR count). The SMILES string of the molecule is CCC(Sc1cccc(NC(=O)/C(=C/c2ccco2)NC(=O)c2ccccc2)c1)C(=O)Nc1ccccc1F. The van der Waals surface area contributed by atoms with Gasteiger partial charge in [-0.15, -0.1) is 11.8 Å². The minimum Gasteiger partial charge on any atom is -0.465 e. The van der Waals surface area contributed by atoms with E-state index in [9.17, 15) is 18.8 Å². The molecule has 39 heavy (non-hydrogen) atoms. The molecule has 4 aromatic rings. The van der Waals surface area contributed by atoms with E-state index in [-0.39, 0.29) is 17.3 Å². The number of hydrogen-bond donors (Lipinski definition) is 3. The van der Waals surface area contributed by atoms with Crippen molar-refractivity contribution in [1.82, 2.24) is 5.32 Å². The minimum absolute atomic E-state index is 0.00689. The number of thioether (sulfide) groups is 1. The third-order valence-electron chi connectivity index (χ3n) is 5.52. The van der Waals surface area contributed by atoms with Crippen molar-refractivity contribution in [2.24, 2.45) is 0 Å². The van der Waals surface area contributed by atoms with Crippen LogP contribution in [-0.2, 0) is 9.59 Å². The maximum Gasteiger partial charge on any atom is 0.272 e. The average Bonchev–Trinajstić information content (AvgIpc) is 3.46. The number of nitrogens with one attached hydrogen (secondary N) is 3. The van der Waals surface area contributed by atoms with Crippen molar-refractivity contribution in [3.05, 3.63) is 120 Å². The molecule has 0 spiro atoms. The monoisotopic (exact) mass is 543 g/mol. The van der Waals surface area contributed by atoms with Crippen LogP contribution in [0.2, 0.25) is 0 Å². The molecule has 0 aliphatic rings. The first-order chi connectivity index (χ1) is 18.9. The number of carbonyl (C=O) groups is 3. The molecule has 3 aromatic carbocycles. The lowest BCUT2D eigenvalue weighted by Gasteiger charge is -2.16. The molecule has 1 unspecified atom stereocenters. The lowest BCUT2D eigenvalue weighted by atomic mass is 10.2. The molecule has 9 heteroatoms. The Bertz CT molecular complexity index is 1470. The smallest absolute Gasteiger partial charge is 0.272 e. The van der Waals surface area contributed by atoms with Crippen molar-refractivity contribution >= 4 is 46.9 Å². The highest BCUT2D eigenvalue weighted by atomic mass is 32.2. The quantitative estimate of drug-likeness (QED) is 0.160. The van der Waals surface area contributed by atoms with E-state index >= 15 is 0 Å². The van der Waals surface area contributed by atoms with Gasteiger partial charge < -0.3 is 20.4 Å². The maximum atomic E-state index is 14.0. The molecule has 1 aromatic heterocycles. The maximum absolute atomic E-state index is 14.0. The lowest BCUT2D eigenvalue weighted by Crippen LogP contribution is -2.30. The summed E-state index contributed by atoms with van der Waals surface area (Å²) in [6.45, 7) is 1.87. The van der Waals surface area contributed by atoms with Crippen molar-refractivity contribution < 1.29 is 23.2 Å². The zero-order valence-corrected chi connectivity index (χ0v) is 21.8. The Balaban J connectivity index is 1.47. The summed E-state index contributed by atoms with van der Waals surface area (Å²) in [5.74, 6) is -1.44. The van der Waals surface area contributed by atoms with Crippen LogP contribution in [0.3, 0.4) is 0 Å². The van der Waals surface area contributed by atoms with Gasteiger partial charge in [0.25, 0.3) is 11.8 Å². The lowest BCUT2D eigenvalue weighted by molar-refractivity contribution is -0.116. The second kappa shape index (κ2) is 13.3. The number of furan rings is 1. The molecule has 0 saturated carbocycles. The first-order valence-electron chi connectivity index (χ1n) is 12.2. The summed E-state index contributed by atoms with van der Waals surface area (Å²) >= 11 is 1.30. The van der Waals surface area contributed by atoms with Crippen LogP contribution in [0.25, 0.3) is 6.08 Å². The van der Waals surface area contributed by atoms with E-state index < -0.39 is 22.9 Å². The Morgan fingerprint density at radius 2 is 1.69 bits per heavy atom. The van der Waals surface area contributed by atoms with Gasteiger partial charge in [-0.3, -0.25) is 14.4 Å². The molecule has 1 heterocycles. The molecule has 0 radical (unpaired) electrons. The predicted octanol–water partition coefficient (Wildman–Crippen LogP) is 6.34. The Morgan fingerprint density at radius 1 is 0.923 bits per heavy atom. The third-order valence-corrected chi connectivity index (χ3v) is 6.88. The Labute approximate surface area is 229 Å². The van der Waals surface area contributed by atoms with E-state index in [1.165, 1.54) is 36.2 Å². The summed E-state index contributed by atoms with van der Waals surface area (Å²) in [6.07, 6.45) is 3.41. The highest BCUT2D eigenvalue weighted by Gasteiger charge is 2.20. The van der Waals surface area contributed by atoms with Crippen LogP contribution in [0.5, 0.6) is 0 Å². The molecule has 0 bridgehead atoms. The number of rotatable bonds is 10. The second-order valence-corrected chi connectivity index (χ2v) is 9.64. The van der Waals surface area contributed by atoms with Gasteiger partial charge in [-0.25, -0.2) is 4.39 Å². The van der Waals surface area contributed by atoms with Crippen LogP contribution in [0.1, 0.15) is 29.5 Å². The molecule has 3 N–H and O–H groups in total. The van der Waals surface area contributed by atoms with Gasteiger partial charge in [0.05, 0.1) is 17.2 Å². The van der Waals surface area contributed by atoms with Crippen molar-refractivity contribution in [3.8, 4) is 0 Å². The van der Waals surface area contributed by atoms with Gasteiger partial charge in [0.15, 0.2) is 0 Å². The Kier molecular flexibility index (Phi) is 9.31. The van der Waals surface area contributed by atoms with Gasteiger partial charge in [0, 0.05) is 22.2 Å². The normalized spacial score (nSPS) is 11.9. The first kappa shape index (κ1) is 27.4. The molecule has 0 fully saturated rings. The summed E-state index contributed by atoms with van der Waals surface area (Å²) in [6, 6.07) is 24.9. The van der Waals surface area contributed by atoms with Crippen LogP contribution in [0.15, 0.2) is 112 Å². The molecular formula is C30H26FN3O4S. The number of amides is 3. The van der Waals surface area contributed by atoms with Crippen LogP contribution in [0.4, 0.5) is 15.8 Å². The number of carbonyl (C=O) groups excluding carboxylic acids is 3. The topological polar surface area (TPSA) is 100 Å². The summed E-state index contributed by atoms with van der Waals surface area (Å²) < 4.78 is 19.3. The minimum atomic E-state index is -0.554. The van der Waals surface area contributed by atoms with Crippen molar-refractivity contribution in [2.45, 2.75) is 23.5 Å². The van der Waals surface area contributed by atoms with E-state index in [1.54, 1.807) is 72.8 Å². The van der Waals surface area contributed by atoms with Gasteiger partial charge in [0.1, 0.15) is 17.3 Å². The summed E-state index contributed by atoms with van der Waals surface area (Å²) in [7, 11) is 0. The highest BCUT2D eigenvalue weighted by molar-refractivity contribution is 8.00. The second-order valence-electron chi connectivity index (χ2n) is 8.36. The predicted molar refractivity (Wildman–Crippen MR) is 151 cm³/mol. The van der Waals surface area contributed by atoms with Crippen LogP contribution in [0, 0.1) is 5.82 Å². The number of para-hydroxylation sites is 1. The van der Waals surface area contributed by atoms with Crippen molar-refractivity contribution in [1.29, 1.82) is 0 Å². The first-order valence-corrected chi connectivity index (χ1v) is 13.1. The molecular weight excluding hydrogens is 517 g/mol. The van der Waals surface area contributed by atoms with Crippen molar-refractivity contribution in [3.63, 3.8) is 0 Å². The van der Waals surface area contributed by atoms with Gasteiger partial charge in [-0.05, 0) is 61.0 Å². The van der Waals surface area contributed by atoms with E-state index in [0.29, 0.717) is 23.4 Å². The van der Waals surface area contributed by atoms with E-state index in [2.05, 4.69) is 16.0 Å². The summed E-state index contributed by atoms with van der Waals surface area (Å²) in [4.78, 5) is 39.5. The average molecular weight is 544 g/mol. The van der Waals surface area contributed by atoms with Gasteiger partial charge in [-0.1, -0.05) is 43.3 Å². The fourth-order valence-corrected chi connectivity index (χ4v) is 4.58. The zero-order chi connectivity index (χ0) is 27.6. The largest absolute Gasteiger partial charge is 0.465 e. The van der Waals surface area contributed by atoms with E-state index in [1.807, 2.05) is 13.0 Å². The molecule has 7 nitrogen and oxygen atoms in total. The van der Waals surface area contributed by atoms with Gasteiger partial charge >= 0.3 is 0 Å². The van der Waals surface area contributed by atoms with Crippen LogP contribution in [-0.4, -0.2) is 23.0 Å². The van der Waals surface area contributed by atoms with Crippen LogP contribution < -0.4 is 16.0 Å². The van der Waals surface area contributed by atoms with E-state index in [4.69, 9.17) is 4.42 Å². The fourth-order valence-electron chi connectivity index (χ4n) is 3.57. The summed E-state index contributed by atoms with van der Waals surface area (Å²) in [5, 5.41) is 7.59. The van der Waals surface area contributed by atoms with Crippen molar-refractivity contribution in [2.75, 3.05) is 10.6 Å². The zero-order valence-electron chi connectivity index (χ0n) is 21.0. The van der Waals surface area contributed by atoms with E-state index in [0.717, 1.165) is 4.90 Å². The third kappa shape index (κ3) is 7.68. The Hall–Kier alpha value is -4.63. The fraction of sp³-hybridized carbons (Fsp3) is 0.100. The standard InChI is InChI=1S/C30H26FN3O4S/c1-2-27(30(37)33-25-16-7-6-15-24(25)31)39-23-14-8-12-21(18-23)32-29(36)26(19-22-13-9-17-38-22)34-28(35)20-10-4-3-5-11-20/h3-19,27H,2H2,1H3,(H,32,36)(H,33,37)(H,34,35)/b26-19-. The molecule has 0 aliphatic carbocycles. The number of benzene rings is 3. The molecule has 198 valence electrons. The Morgan fingerprint density at radius 3 is 2.41 bits per heavy atom. The molecule has 0 aliphatic heterocycles. The molecule has 1 atom stereocenters. The van der Waals surface area contributed by atoms with Gasteiger partial charge in [-0.2, -0.15) is 0 Å². The molecule has 3 amide bonds. The van der Waals surface area contributed by atoms with Crippen LogP contribution >= 0.6 is 11.8 Å². The number of anilines is 2. The molecule has 0 saturated heterocycles. The highest BCUT2D eigenvalue weighted by Crippen LogP contribution is 2.29.